The van der Waals surface area contributed by atoms with Crippen LogP contribution in [0.5, 0.6) is 0 Å². The fourth-order valence-corrected chi connectivity index (χ4v) is 8.04. The minimum atomic E-state index is -0.668. The van der Waals surface area contributed by atoms with Gasteiger partial charge in [-0.3, -0.25) is 0 Å². The molecule has 0 saturated carbocycles. The number of carboxylic acid groups (broad SMARTS) is 1. The van der Waals surface area contributed by atoms with E-state index >= 15 is 0 Å². The first-order chi connectivity index (χ1) is 25.2. The summed E-state index contributed by atoms with van der Waals surface area (Å²) in [6.07, 6.45) is 58.9. The summed E-state index contributed by atoms with van der Waals surface area (Å²) in [5.41, 5.74) is 0.697. The van der Waals surface area contributed by atoms with E-state index in [2.05, 4.69) is 26.8 Å². The van der Waals surface area contributed by atoms with Crippen LogP contribution in [0.3, 0.4) is 0 Å². The molecule has 0 fully saturated rings. The fraction of sp³-hybridized carbons (Fsp3) is 0.939. The number of hydrogen-bond acceptors (Lipinski definition) is 1. The van der Waals surface area contributed by atoms with Gasteiger partial charge in [-0.05, 0) is 25.2 Å². The normalized spacial score (nSPS) is 12.6. The number of hydrogen-bond donors (Lipinski definition) is 1. The molecular weight excluding hydrogens is 621 g/mol. The third-order valence-corrected chi connectivity index (χ3v) is 11.7. The summed E-state index contributed by atoms with van der Waals surface area (Å²) in [5, 5.41) is 9.99. The van der Waals surface area contributed by atoms with Gasteiger partial charge >= 0.3 is 5.97 Å². The van der Waals surface area contributed by atoms with Crippen LogP contribution in [0.2, 0.25) is 0 Å². The molecule has 0 aliphatic carbocycles. The van der Waals surface area contributed by atoms with E-state index in [-0.39, 0.29) is 0 Å². The molecule has 0 bridgehead atoms. The number of allylic oxidation sites excluding steroid dienone is 1. The monoisotopic (exact) mass is 717 g/mol. The average Bonchev–Trinajstić information content (AvgIpc) is 3.13. The molecule has 2 nitrogen and oxygen atoms in total. The van der Waals surface area contributed by atoms with Crippen LogP contribution >= 0.6 is 0 Å². The van der Waals surface area contributed by atoms with Gasteiger partial charge in [-0.1, -0.05) is 277 Å². The van der Waals surface area contributed by atoms with Crippen molar-refractivity contribution in [2.24, 2.45) is 5.92 Å². The van der Waals surface area contributed by atoms with Crippen molar-refractivity contribution in [3.05, 3.63) is 11.6 Å². The van der Waals surface area contributed by atoms with Crippen LogP contribution in [0.1, 0.15) is 290 Å². The first kappa shape index (κ1) is 50.2. The van der Waals surface area contributed by atoms with Crippen molar-refractivity contribution in [1.82, 2.24) is 0 Å². The number of unbranched alkanes of at least 4 members (excludes halogenated alkanes) is 35. The molecule has 0 rings (SSSR count). The molecule has 0 aliphatic rings. The van der Waals surface area contributed by atoms with Crippen molar-refractivity contribution in [3.63, 3.8) is 0 Å². The van der Waals surface area contributed by atoms with Gasteiger partial charge in [0.2, 0.25) is 0 Å². The van der Waals surface area contributed by atoms with Gasteiger partial charge < -0.3 is 5.11 Å². The van der Waals surface area contributed by atoms with E-state index in [9.17, 15) is 9.90 Å². The van der Waals surface area contributed by atoms with Crippen molar-refractivity contribution >= 4 is 5.97 Å². The molecule has 0 saturated heterocycles. The van der Waals surface area contributed by atoms with Gasteiger partial charge in [-0.25, -0.2) is 4.79 Å². The second-order valence-corrected chi connectivity index (χ2v) is 16.8. The minimum absolute atomic E-state index is 0.668. The van der Waals surface area contributed by atoms with Gasteiger partial charge in [-0.15, -0.1) is 0 Å². The van der Waals surface area contributed by atoms with Crippen LogP contribution in [-0.4, -0.2) is 11.1 Å². The lowest BCUT2D eigenvalue weighted by Gasteiger charge is -2.16. The third kappa shape index (κ3) is 40.2. The molecule has 1 atom stereocenters. The van der Waals surface area contributed by atoms with Crippen molar-refractivity contribution in [2.75, 3.05) is 0 Å². The molecule has 1 N–H and O–H groups in total. The quantitative estimate of drug-likeness (QED) is 0.0503. The SMILES string of the molecule is CCCCCCCCCCCCCCCCC(=CCC(CCCCCCCCCCCC)CCCCCCCCCCCCCCCC)C(=O)O. The number of rotatable bonds is 44. The second kappa shape index (κ2) is 43.6. The summed E-state index contributed by atoms with van der Waals surface area (Å²) in [6.45, 7) is 6.89. The van der Waals surface area contributed by atoms with Crippen molar-refractivity contribution in [2.45, 2.75) is 290 Å². The van der Waals surface area contributed by atoms with Gasteiger partial charge in [0, 0.05) is 5.57 Å². The van der Waals surface area contributed by atoms with Crippen LogP contribution in [0.15, 0.2) is 11.6 Å². The summed E-state index contributed by atoms with van der Waals surface area (Å²) in [7, 11) is 0. The first-order valence-corrected chi connectivity index (χ1v) is 24.1. The van der Waals surface area contributed by atoms with Crippen molar-refractivity contribution in [3.8, 4) is 0 Å². The van der Waals surface area contributed by atoms with Gasteiger partial charge in [0.15, 0.2) is 0 Å². The van der Waals surface area contributed by atoms with E-state index in [1.807, 2.05) is 0 Å². The molecule has 1 unspecified atom stereocenters. The summed E-state index contributed by atoms with van der Waals surface area (Å²) >= 11 is 0. The third-order valence-electron chi connectivity index (χ3n) is 11.7. The Morgan fingerprint density at radius 3 is 0.863 bits per heavy atom. The predicted molar refractivity (Wildman–Crippen MR) is 230 cm³/mol. The Hall–Kier alpha value is -0.790. The molecule has 0 amide bonds. The molecule has 51 heavy (non-hydrogen) atoms. The highest BCUT2D eigenvalue weighted by molar-refractivity contribution is 5.86. The van der Waals surface area contributed by atoms with Crippen LogP contribution in [0, 0.1) is 5.92 Å². The molecule has 0 aliphatic heterocycles. The van der Waals surface area contributed by atoms with Gasteiger partial charge in [0.1, 0.15) is 0 Å². The molecule has 0 radical (unpaired) electrons. The van der Waals surface area contributed by atoms with Crippen LogP contribution in [-0.2, 0) is 4.79 Å². The van der Waals surface area contributed by atoms with E-state index in [1.165, 1.54) is 250 Å². The maximum absolute atomic E-state index is 12.1. The van der Waals surface area contributed by atoms with Crippen molar-refractivity contribution in [1.29, 1.82) is 0 Å². The Labute approximate surface area is 323 Å². The lowest BCUT2D eigenvalue weighted by Crippen LogP contribution is -2.05. The lowest BCUT2D eigenvalue weighted by molar-refractivity contribution is -0.132. The fourth-order valence-electron chi connectivity index (χ4n) is 8.04. The highest BCUT2D eigenvalue weighted by atomic mass is 16.4. The molecule has 0 aromatic heterocycles. The van der Waals surface area contributed by atoms with Gasteiger partial charge in [0.05, 0.1) is 0 Å². The largest absolute Gasteiger partial charge is 0.478 e. The van der Waals surface area contributed by atoms with Gasteiger partial charge in [0.25, 0.3) is 0 Å². The van der Waals surface area contributed by atoms with E-state index in [1.54, 1.807) is 0 Å². The second-order valence-electron chi connectivity index (χ2n) is 16.8. The first-order valence-electron chi connectivity index (χ1n) is 24.1. The van der Waals surface area contributed by atoms with E-state index in [4.69, 9.17) is 0 Å². The minimum Gasteiger partial charge on any atom is -0.478 e. The van der Waals surface area contributed by atoms with E-state index < -0.39 is 5.97 Å². The van der Waals surface area contributed by atoms with Crippen LogP contribution in [0.25, 0.3) is 0 Å². The lowest BCUT2D eigenvalue weighted by atomic mass is 9.90. The summed E-state index contributed by atoms with van der Waals surface area (Å²) in [6, 6.07) is 0. The number of aliphatic carboxylic acids is 1. The number of carboxylic acids is 1. The van der Waals surface area contributed by atoms with E-state index in [0.717, 1.165) is 19.3 Å². The van der Waals surface area contributed by atoms with Crippen molar-refractivity contribution < 1.29 is 9.90 Å². The summed E-state index contributed by atoms with van der Waals surface area (Å²) in [5.74, 6) is 0.000865. The molecule has 0 heterocycles. The molecule has 2 heteroatoms. The Balaban J connectivity index is 4.32. The Bertz CT molecular complexity index is 696. The molecule has 0 aromatic carbocycles. The molecule has 304 valence electrons. The smallest absolute Gasteiger partial charge is 0.331 e. The zero-order valence-corrected chi connectivity index (χ0v) is 35.7. The zero-order chi connectivity index (χ0) is 37.1. The topological polar surface area (TPSA) is 37.3 Å². The average molecular weight is 717 g/mol. The summed E-state index contributed by atoms with van der Waals surface area (Å²) < 4.78 is 0. The van der Waals surface area contributed by atoms with E-state index in [0.29, 0.717) is 11.5 Å². The molecule has 0 spiro atoms. The summed E-state index contributed by atoms with van der Waals surface area (Å²) in [4.78, 5) is 12.1. The maximum atomic E-state index is 12.1. The molecule has 0 aromatic rings. The van der Waals surface area contributed by atoms with Crippen LogP contribution in [0.4, 0.5) is 0 Å². The predicted octanol–water partition coefficient (Wildman–Crippen LogP) is 18.1. The highest BCUT2D eigenvalue weighted by Crippen LogP contribution is 2.25. The molecular formula is C49H96O2. The standard InChI is InChI=1S/C49H96O2/c1-4-7-10-13-16-19-22-24-26-28-31-34-37-40-43-47(42-39-36-33-30-21-18-15-12-9-6-3)45-46-48(49(50)51)44-41-38-35-32-29-27-25-23-20-17-14-11-8-5-2/h46-47H,4-45H2,1-3H3,(H,50,51). The maximum Gasteiger partial charge on any atom is 0.331 e. The zero-order valence-electron chi connectivity index (χ0n) is 35.7. The Morgan fingerprint density at radius 2 is 0.608 bits per heavy atom. The van der Waals surface area contributed by atoms with Gasteiger partial charge in [-0.2, -0.15) is 0 Å². The Kier molecular flexibility index (Phi) is 42.9. The highest BCUT2D eigenvalue weighted by Gasteiger charge is 2.12. The van der Waals surface area contributed by atoms with Crippen LogP contribution < -0.4 is 0 Å². The Morgan fingerprint density at radius 1 is 0.373 bits per heavy atom. The number of carbonyl (C=O) groups is 1.